The number of nitrogens with zero attached hydrogens (tertiary/aromatic N) is 2. The minimum Gasteiger partial charge on any atom is -0.336 e. The average molecular weight is 388 g/mol. The van der Waals surface area contributed by atoms with E-state index in [1.54, 1.807) is 24.4 Å². The first-order chi connectivity index (χ1) is 14.0. The second-order valence-electron chi connectivity index (χ2n) is 7.16. The van der Waals surface area contributed by atoms with Gasteiger partial charge in [0.15, 0.2) is 0 Å². The summed E-state index contributed by atoms with van der Waals surface area (Å²) in [6, 6.07) is 13.7. The van der Waals surface area contributed by atoms with Crippen molar-refractivity contribution < 1.29 is 8.78 Å². The van der Waals surface area contributed by atoms with Gasteiger partial charge in [-0.05, 0) is 49.8 Å². The Hall–Kier alpha value is -3.27. The van der Waals surface area contributed by atoms with Crippen LogP contribution < -0.4 is 0 Å². The van der Waals surface area contributed by atoms with Crippen molar-refractivity contribution in [2.45, 2.75) is 26.8 Å². The highest BCUT2D eigenvalue weighted by atomic mass is 19.1. The number of aryl methyl sites for hydroxylation is 2. The molecule has 4 aromatic rings. The molecule has 0 saturated carbocycles. The molecule has 2 aromatic carbocycles. The number of rotatable bonds is 5. The van der Waals surface area contributed by atoms with E-state index in [0.29, 0.717) is 11.1 Å². The molecule has 4 rings (SSSR count). The Kier molecular flexibility index (Phi) is 5.01. The first-order valence-corrected chi connectivity index (χ1v) is 9.67. The normalized spacial score (nSPS) is 11.2. The molecule has 0 aliphatic carbocycles. The predicted octanol–water partition coefficient (Wildman–Crippen LogP) is 6.54. The van der Waals surface area contributed by atoms with E-state index in [4.69, 9.17) is 0 Å². The van der Waals surface area contributed by atoms with Crippen molar-refractivity contribution in [2.75, 3.05) is 0 Å². The topological polar surface area (TPSA) is 17.8 Å². The molecule has 146 valence electrons. The van der Waals surface area contributed by atoms with Gasteiger partial charge in [0.1, 0.15) is 11.6 Å². The Bertz CT molecular complexity index is 1220. The minimum atomic E-state index is -0.329. The summed E-state index contributed by atoms with van der Waals surface area (Å²) >= 11 is 0. The highest BCUT2D eigenvalue weighted by Gasteiger charge is 2.20. The van der Waals surface area contributed by atoms with Crippen LogP contribution >= 0.6 is 0 Å². The summed E-state index contributed by atoms with van der Waals surface area (Å²) in [7, 11) is 0. The van der Waals surface area contributed by atoms with Crippen molar-refractivity contribution in [1.29, 1.82) is 0 Å². The van der Waals surface area contributed by atoms with Gasteiger partial charge >= 0.3 is 0 Å². The quantitative estimate of drug-likeness (QED) is 0.379. The van der Waals surface area contributed by atoms with Gasteiger partial charge in [-0.1, -0.05) is 37.3 Å². The maximum Gasteiger partial charge on any atom is 0.128 e. The van der Waals surface area contributed by atoms with Crippen molar-refractivity contribution in [1.82, 2.24) is 9.55 Å². The number of fused-ring (bicyclic) bond motifs is 1. The van der Waals surface area contributed by atoms with Crippen LogP contribution in [0.4, 0.5) is 8.78 Å². The van der Waals surface area contributed by atoms with Crippen LogP contribution in [0.15, 0.2) is 61.3 Å². The van der Waals surface area contributed by atoms with Crippen LogP contribution in [-0.2, 0) is 13.0 Å². The highest BCUT2D eigenvalue weighted by Crippen LogP contribution is 2.38. The second-order valence-corrected chi connectivity index (χ2v) is 7.16. The van der Waals surface area contributed by atoms with Crippen LogP contribution in [0.3, 0.4) is 0 Å². The van der Waals surface area contributed by atoms with Crippen LogP contribution in [0.2, 0.25) is 0 Å². The van der Waals surface area contributed by atoms with Crippen LogP contribution in [0.25, 0.3) is 28.1 Å². The van der Waals surface area contributed by atoms with Crippen molar-refractivity contribution in [2.24, 2.45) is 0 Å². The van der Waals surface area contributed by atoms with Gasteiger partial charge in [-0.15, -0.1) is 0 Å². The summed E-state index contributed by atoms with van der Waals surface area (Å²) < 4.78 is 30.6. The molecule has 0 unspecified atom stereocenters. The Labute approximate surface area is 169 Å². The molecule has 0 spiro atoms. The van der Waals surface area contributed by atoms with E-state index in [9.17, 15) is 8.78 Å². The van der Waals surface area contributed by atoms with Gasteiger partial charge in [-0.3, -0.25) is 4.98 Å². The highest BCUT2D eigenvalue weighted by molar-refractivity contribution is 6.01. The van der Waals surface area contributed by atoms with Crippen LogP contribution in [0.1, 0.15) is 29.4 Å². The standard InChI is InChI=1S/C25H22F2N2/c1-4-22-19(7-6-12-28-22)25-20-10-9-18(26)14-24(20)29(23(25)5-2)15-17-13-16(3)8-11-21(17)27/h5-14H,2,4,15H2,1,3H3. The lowest BCUT2D eigenvalue weighted by Crippen LogP contribution is -2.05. The molecule has 0 atom stereocenters. The fourth-order valence-corrected chi connectivity index (χ4v) is 3.95. The largest absolute Gasteiger partial charge is 0.336 e. The molecule has 4 heteroatoms. The number of hydrogen-bond acceptors (Lipinski definition) is 1. The van der Waals surface area contributed by atoms with Crippen LogP contribution in [0, 0.1) is 18.6 Å². The van der Waals surface area contributed by atoms with E-state index < -0.39 is 0 Å². The maximum absolute atomic E-state index is 14.5. The summed E-state index contributed by atoms with van der Waals surface area (Å²) in [5.41, 5.74) is 5.97. The molecule has 0 fully saturated rings. The lowest BCUT2D eigenvalue weighted by Gasteiger charge is -2.12. The van der Waals surface area contributed by atoms with E-state index in [-0.39, 0.29) is 18.2 Å². The van der Waals surface area contributed by atoms with E-state index in [1.165, 1.54) is 18.2 Å². The van der Waals surface area contributed by atoms with Gasteiger partial charge in [0.25, 0.3) is 0 Å². The van der Waals surface area contributed by atoms with Crippen molar-refractivity contribution in [3.8, 4) is 11.1 Å². The molecule has 0 amide bonds. The maximum atomic E-state index is 14.5. The van der Waals surface area contributed by atoms with Gasteiger partial charge in [0, 0.05) is 39.7 Å². The average Bonchev–Trinajstić information content (AvgIpc) is 3.03. The molecular weight excluding hydrogens is 366 g/mol. The molecule has 0 aliphatic rings. The molecule has 29 heavy (non-hydrogen) atoms. The SMILES string of the molecule is C=Cc1c(-c2cccnc2CC)c2ccc(F)cc2n1Cc1cc(C)ccc1F. The van der Waals surface area contributed by atoms with Gasteiger partial charge in [0.05, 0.1) is 12.1 Å². The first kappa shape index (κ1) is 19.1. The van der Waals surface area contributed by atoms with E-state index in [1.807, 2.05) is 29.7 Å². The summed E-state index contributed by atoms with van der Waals surface area (Å²) in [5.74, 6) is -0.605. The molecule has 2 aromatic heterocycles. The molecule has 2 nitrogen and oxygen atoms in total. The predicted molar refractivity (Wildman–Crippen MR) is 115 cm³/mol. The number of aromatic nitrogens is 2. The van der Waals surface area contributed by atoms with Gasteiger partial charge in [-0.2, -0.15) is 0 Å². The fraction of sp³-hybridized carbons (Fsp3) is 0.160. The van der Waals surface area contributed by atoms with Gasteiger partial charge in [-0.25, -0.2) is 8.78 Å². The van der Waals surface area contributed by atoms with Crippen molar-refractivity contribution in [3.63, 3.8) is 0 Å². The third kappa shape index (κ3) is 3.35. The van der Waals surface area contributed by atoms with E-state index >= 15 is 0 Å². The van der Waals surface area contributed by atoms with Crippen molar-refractivity contribution >= 4 is 17.0 Å². The lowest BCUT2D eigenvalue weighted by molar-refractivity contribution is 0.600. The smallest absolute Gasteiger partial charge is 0.128 e. The minimum absolute atomic E-state index is 0.277. The molecule has 0 bridgehead atoms. The van der Waals surface area contributed by atoms with Gasteiger partial charge < -0.3 is 4.57 Å². The third-order valence-electron chi connectivity index (χ3n) is 5.28. The second kappa shape index (κ2) is 7.63. The zero-order valence-corrected chi connectivity index (χ0v) is 16.5. The molecule has 0 saturated heterocycles. The lowest BCUT2D eigenvalue weighted by atomic mass is 9.99. The van der Waals surface area contributed by atoms with Gasteiger partial charge in [0.2, 0.25) is 0 Å². The molecule has 2 heterocycles. The molecule has 0 aliphatic heterocycles. The monoisotopic (exact) mass is 388 g/mol. The summed E-state index contributed by atoms with van der Waals surface area (Å²) in [6.45, 7) is 8.28. The summed E-state index contributed by atoms with van der Waals surface area (Å²) in [6.07, 6.45) is 4.30. The van der Waals surface area contributed by atoms with E-state index in [2.05, 4.69) is 18.5 Å². The van der Waals surface area contributed by atoms with Crippen molar-refractivity contribution in [3.05, 3.63) is 95.5 Å². The zero-order chi connectivity index (χ0) is 20.5. The number of hydrogen-bond donors (Lipinski definition) is 0. The zero-order valence-electron chi connectivity index (χ0n) is 16.5. The summed E-state index contributed by atoms with van der Waals surface area (Å²) in [4.78, 5) is 4.51. The number of halogens is 2. The fourth-order valence-electron chi connectivity index (χ4n) is 3.95. The Morgan fingerprint density at radius 2 is 1.93 bits per heavy atom. The molecule has 0 radical (unpaired) electrons. The summed E-state index contributed by atoms with van der Waals surface area (Å²) in [5, 5.41) is 0.900. The number of benzene rings is 2. The Morgan fingerprint density at radius 1 is 1.10 bits per heavy atom. The Morgan fingerprint density at radius 3 is 2.69 bits per heavy atom. The van der Waals surface area contributed by atoms with Crippen LogP contribution in [-0.4, -0.2) is 9.55 Å². The third-order valence-corrected chi connectivity index (χ3v) is 5.28. The van der Waals surface area contributed by atoms with E-state index in [0.717, 1.165) is 39.9 Å². The Balaban J connectivity index is 2.03. The molecular formula is C25H22F2N2. The molecule has 0 N–H and O–H groups in total. The van der Waals surface area contributed by atoms with Crippen LogP contribution in [0.5, 0.6) is 0 Å². The number of pyridine rings is 1. The first-order valence-electron chi connectivity index (χ1n) is 9.67.